The molecule has 0 aromatic carbocycles. The molecule has 4 rings (SSSR count). The highest BCUT2D eigenvalue weighted by molar-refractivity contribution is 7.11. The van der Waals surface area contributed by atoms with Gasteiger partial charge in [-0.15, -0.1) is 11.3 Å². The average Bonchev–Trinajstić information content (AvgIpc) is 3.23. The number of nitrogens with one attached hydrogen (secondary N) is 1. The van der Waals surface area contributed by atoms with Crippen molar-refractivity contribution in [3.05, 3.63) is 75.2 Å². The van der Waals surface area contributed by atoms with Gasteiger partial charge in [-0.1, -0.05) is 11.6 Å². The summed E-state index contributed by atoms with van der Waals surface area (Å²) in [5, 5.41) is 2.34. The fourth-order valence-corrected chi connectivity index (χ4v) is 3.74. The minimum absolute atomic E-state index is 0.362. The molecule has 0 bridgehead atoms. The Bertz CT molecular complexity index is 1080. The van der Waals surface area contributed by atoms with Crippen LogP contribution in [0.3, 0.4) is 0 Å². The summed E-state index contributed by atoms with van der Waals surface area (Å²) >= 11 is 7.57. The molecule has 0 amide bonds. The van der Waals surface area contributed by atoms with E-state index in [1.165, 1.54) is 24.5 Å². The first-order valence-corrected chi connectivity index (χ1v) is 8.92. The van der Waals surface area contributed by atoms with E-state index in [-0.39, 0.29) is 0 Å². The van der Waals surface area contributed by atoms with Gasteiger partial charge >= 0.3 is 0 Å². The van der Waals surface area contributed by atoms with E-state index in [4.69, 9.17) is 16.3 Å². The molecular weight excluding hydrogens is 375 g/mol. The number of rotatable bonds is 5. The summed E-state index contributed by atoms with van der Waals surface area (Å²) in [5.74, 6) is -0.0579. The van der Waals surface area contributed by atoms with Crippen LogP contribution in [0.15, 0.2) is 36.9 Å². The maximum Gasteiger partial charge on any atom is 0.217 e. The van der Waals surface area contributed by atoms with Crippen LogP contribution in [0, 0.1) is 12.2 Å². The molecule has 0 saturated carbocycles. The molecule has 8 heteroatoms. The largest absolute Gasteiger partial charge is 0.481 e. The number of hydrogen-bond acceptors (Lipinski definition) is 5. The molecule has 1 radical (unpaired) electrons. The Hall–Kier alpha value is -2.51. The zero-order valence-corrected chi connectivity index (χ0v) is 15.2. The van der Waals surface area contributed by atoms with E-state index in [0.29, 0.717) is 22.9 Å². The number of pyridine rings is 2. The molecule has 4 aromatic heterocycles. The van der Waals surface area contributed by atoms with Crippen LogP contribution in [0.5, 0.6) is 5.88 Å². The molecule has 0 aliphatic rings. The topological polar surface area (TPSA) is 63.7 Å². The summed E-state index contributed by atoms with van der Waals surface area (Å²) in [6, 6.07) is 3.27. The Morgan fingerprint density at radius 2 is 2.12 bits per heavy atom. The molecule has 4 heterocycles. The SMILES string of the molecule is COc1ncc(F)cc1[CH]c1ncc(Cc2c[nH]c3ncc(Cl)cc23)s1. The lowest BCUT2D eigenvalue weighted by Crippen LogP contribution is -1.95. The van der Waals surface area contributed by atoms with Crippen molar-refractivity contribution in [3.63, 3.8) is 0 Å². The standard InChI is InChI=1S/C18H13ClFN4OS/c1-25-18-10(2-13(20)8-24-18)4-16-21-9-14(26-16)3-11-6-22-17-15(11)5-12(19)7-23-17/h2,4-9H,3H2,1H3,(H,22,23). The van der Waals surface area contributed by atoms with Gasteiger partial charge < -0.3 is 9.72 Å². The molecule has 0 saturated heterocycles. The predicted molar refractivity (Wildman–Crippen MR) is 99.3 cm³/mol. The third kappa shape index (κ3) is 3.40. The van der Waals surface area contributed by atoms with Crippen molar-refractivity contribution in [3.8, 4) is 5.88 Å². The van der Waals surface area contributed by atoms with Gasteiger partial charge in [0.15, 0.2) is 0 Å². The van der Waals surface area contributed by atoms with Crippen LogP contribution >= 0.6 is 22.9 Å². The molecule has 0 aliphatic heterocycles. The fraction of sp³-hybridized carbons (Fsp3) is 0.111. The van der Waals surface area contributed by atoms with Gasteiger partial charge in [0, 0.05) is 40.8 Å². The molecule has 26 heavy (non-hydrogen) atoms. The number of nitrogens with zero attached hydrogens (tertiary/aromatic N) is 3. The Balaban J connectivity index is 1.56. The second-order valence-corrected chi connectivity index (χ2v) is 7.18. The molecule has 5 nitrogen and oxygen atoms in total. The number of hydrogen-bond donors (Lipinski definition) is 1. The van der Waals surface area contributed by atoms with E-state index in [2.05, 4.69) is 19.9 Å². The van der Waals surface area contributed by atoms with Crippen molar-refractivity contribution in [1.82, 2.24) is 19.9 Å². The van der Waals surface area contributed by atoms with E-state index in [1.807, 2.05) is 18.5 Å². The number of thiazole rings is 1. The van der Waals surface area contributed by atoms with E-state index in [9.17, 15) is 4.39 Å². The summed E-state index contributed by atoms with van der Waals surface area (Å²) < 4.78 is 18.6. The molecule has 0 spiro atoms. The second kappa shape index (κ2) is 7.01. The lowest BCUT2D eigenvalue weighted by atomic mass is 10.1. The summed E-state index contributed by atoms with van der Waals surface area (Å²) in [4.78, 5) is 16.8. The smallest absolute Gasteiger partial charge is 0.217 e. The van der Waals surface area contributed by atoms with Crippen LogP contribution < -0.4 is 4.74 Å². The van der Waals surface area contributed by atoms with E-state index in [0.717, 1.165) is 32.7 Å². The van der Waals surface area contributed by atoms with Crippen molar-refractivity contribution in [2.75, 3.05) is 7.11 Å². The van der Waals surface area contributed by atoms with Crippen LogP contribution in [-0.2, 0) is 6.42 Å². The highest BCUT2D eigenvalue weighted by atomic mass is 35.5. The maximum absolute atomic E-state index is 13.4. The average molecular weight is 388 g/mol. The van der Waals surface area contributed by atoms with Crippen LogP contribution in [0.2, 0.25) is 5.02 Å². The zero-order chi connectivity index (χ0) is 18.1. The van der Waals surface area contributed by atoms with Crippen molar-refractivity contribution in [1.29, 1.82) is 0 Å². The van der Waals surface area contributed by atoms with Crippen LogP contribution in [0.4, 0.5) is 4.39 Å². The molecule has 131 valence electrons. The number of H-pyrrole nitrogens is 1. The summed E-state index contributed by atoms with van der Waals surface area (Å²) in [6.45, 7) is 0. The molecule has 0 aliphatic carbocycles. The number of fused-ring (bicyclic) bond motifs is 1. The van der Waals surface area contributed by atoms with E-state index < -0.39 is 5.82 Å². The molecule has 4 aromatic rings. The minimum Gasteiger partial charge on any atom is -0.481 e. The summed E-state index contributed by atoms with van der Waals surface area (Å²) in [5.41, 5.74) is 2.45. The number of aromatic amines is 1. The van der Waals surface area contributed by atoms with Crippen molar-refractivity contribution >= 4 is 34.0 Å². The fourth-order valence-electron chi connectivity index (χ4n) is 2.69. The maximum atomic E-state index is 13.4. The molecule has 0 atom stereocenters. The van der Waals surface area contributed by atoms with Gasteiger partial charge in [-0.3, -0.25) is 0 Å². The highest BCUT2D eigenvalue weighted by Crippen LogP contribution is 2.27. The lowest BCUT2D eigenvalue weighted by Gasteiger charge is -2.04. The second-order valence-electron chi connectivity index (χ2n) is 5.60. The summed E-state index contributed by atoms with van der Waals surface area (Å²) in [7, 11) is 1.50. The van der Waals surface area contributed by atoms with Crippen molar-refractivity contribution < 1.29 is 9.13 Å². The van der Waals surface area contributed by atoms with Gasteiger partial charge in [0.2, 0.25) is 5.88 Å². The van der Waals surface area contributed by atoms with Gasteiger partial charge in [0.05, 0.1) is 24.8 Å². The highest BCUT2D eigenvalue weighted by Gasteiger charge is 2.12. The molecular formula is C18H13ClFN4OS. The third-order valence-electron chi connectivity index (χ3n) is 3.84. The van der Waals surface area contributed by atoms with Gasteiger partial charge in [0.1, 0.15) is 16.5 Å². The van der Waals surface area contributed by atoms with Gasteiger partial charge in [-0.05, 0) is 17.7 Å². The van der Waals surface area contributed by atoms with Gasteiger partial charge in [0.25, 0.3) is 0 Å². The van der Waals surface area contributed by atoms with Gasteiger partial charge in [-0.25, -0.2) is 19.3 Å². The molecule has 1 N–H and O–H groups in total. The van der Waals surface area contributed by atoms with E-state index in [1.54, 1.807) is 12.6 Å². The van der Waals surface area contributed by atoms with Gasteiger partial charge in [-0.2, -0.15) is 0 Å². The summed E-state index contributed by atoms with van der Waals surface area (Å²) in [6.07, 6.45) is 8.94. The van der Waals surface area contributed by atoms with Crippen molar-refractivity contribution in [2.45, 2.75) is 6.42 Å². The third-order valence-corrected chi connectivity index (χ3v) is 4.99. The zero-order valence-electron chi connectivity index (χ0n) is 13.7. The Kier molecular flexibility index (Phi) is 4.57. The Morgan fingerprint density at radius 3 is 2.96 bits per heavy atom. The number of aromatic nitrogens is 4. The first kappa shape index (κ1) is 16.9. The van der Waals surface area contributed by atoms with Crippen LogP contribution in [0.25, 0.3) is 11.0 Å². The molecule has 0 unspecified atom stereocenters. The van der Waals surface area contributed by atoms with Crippen LogP contribution in [0.1, 0.15) is 21.0 Å². The molecule has 0 fully saturated rings. The predicted octanol–water partition coefficient (Wildman–Crippen LogP) is 4.41. The normalized spacial score (nSPS) is 11.2. The Morgan fingerprint density at radius 1 is 1.23 bits per heavy atom. The monoisotopic (exact) mass is 387 g/mol. The number of halogens is 2. The quantitative estimate of drug-likeness (QED) is 0.551. The number of ether oxygens (including phenoxy) is 1. The van der Waals surface area contributed by atoms with Crippen LogP contribution in [-0.4, -0.2) is 27.0 Å². The van der Waals surface area contributed by atoms with E-state index >= 15 is 0 Å². The first-order valence-electron chi connectivity index (χ1n) is 7.73. The lowest BCUT2D eigenvalue weighted by molar-refractivity contribution is 0.393. The first-order chi connectivity index (χ1) is 12.6. The van der Waals surface area contributed by atoms with Crippen molar-refractivity contribution in [2.24, 2.45) is 0 Å². The minimum atomic E-state index is -0.419. The Labute approximate surface area is 157 Å². The number of methoxy groups -OCH3 is 1.